The predicted molar refractivity (Wildman–Crippen MR) is 96.9 cm³/mol. The minimum Gasteiger partial charge on any atom is -0.392 e. The van der Waals surface area contributed by atoms with Gasteiger partial charge in [-0.05, 0) is 42.2 Å². The first-order valence-electron chi connectivity index (χ1n) is 8.11. The van der Waals surface area contributed by atoms with Crippen molar-refractivity contribution in [1.29, 1.82) is 0 Å². The number of hydrogen-bond donors (Lipinski definition) is 2. The first-order valence-corrected chi connectivity index (χ1v) is 10.0. The summed E-state index contributed by atoms with van der Waals surface area (Å²) in [5, 5.41) is 12.9. The number of aliphatic hydroxyl groups is 1. The van der Waals surface area contributed by atoms with E-state index in [9.17, 15) is 13.5 Å². The molecular formula is C19H25NO3S. The molecule has 0 heterocycles. The number of benzene rings is 2. The predicted octanol–water partition coefficient (Wildman–Crippen LogP) is 2.71. The molecule has 2 aromatic rings. The number of nitrogens with one attached hydrogen (secondary N) is 1. The van der Waals surface area contributed by atoms with E-state index in [-0.39, 0.29) is 6.04 Å². The van der Waals surface area contributed by atoms with Crippen molar-refractivity contribution in [3.63, 3.8) is 0 Å². The van der Waals surface area contributed by atoms with Crippen LogP contribution in [0.25, 0.3) is 0 Å². The van der Waals surface area contributed by atoms with Crippen LogP contribution >= 0.6 is 0 Å². The number of rotatable bonds is 7. The van der Waals surface area contributed by atoms with Gasteiger partial charge in [0.05, 0.1) is 17.0 Å². The molecule has 2 unspecified atom stereocenters. The Kier molecular flexibility index (Phi) is 6.15. The maximum absolute atomic E-state index is 11.8. The first-order chi connectivity index (χ1) is 11.3. The van der Waals surface area contributed by atoms with E-state index in [1.54, 1.807) is 25.1 Å². The van der Waals surface area contributed by atoms with Gasteiger partial charge in [-0.2, -0.15) is 0 Å². The largest absolute Gasteiger partial charge is 0.392 e. The van der Waals surface area contributed by atoms with Crippen molar-refractivity contribution in [2.24, 2.45) is 0 Å². The third-order valence-corrected chi connectivity index (χ3v) is 5.07. The molecule has 5 heteroatoms. The van der Waals surface area contributed by atoms with Crippen molar-refractivity contribution in [3.05, 3.63) is 65.2 Å². The van der Waals surface area contributed by atoms with E-state index in [4.69, 9.17) is 0 Å². The monoisotopic (exact) mass is 347 g/mol. The molecule has 24 heavy (non-hydrogen) atoms. The Hall–Kier alpha value is -1.69. The molecule has 0 saturated heterocycles. The number of aryl methyl sites for hydroxylation is 1. The smallest absolute Gasteiger partial charge is 0.175 e. The van der Waals surface area contributed by atoms with E-state index in [1.165, 1.54) is 11.8 Å². The van der Waals surface area contributed by atoms with Gasteiger partial charge in [-0.3, -0.25) is 0 Å². The average Bonchev–Trinajstić information content (AvgIpc) is 2.55. The summed E-state index contributed by atoms with van der Waals surface area (Å²) in [7, 11) is -3.26. The standard InChI is InChI=1S/C19H25NO3S/c1-4-15-8-10-16(11-9-15)19(20-13-14(2)21)17-6-5-7-18(12-17)24(3,22)23/h5-12,14,19-21H,4,13H2,1-3H3. The van der Waals surface area contributed by atoms with Gasteiger partial charge in [-0.1, -0.05) is 43.3 Å². The second-order valence-electron chi connectivity index (χ2n) is 6.13. The first kappa shape index (κ1) is 18.6. The lowest BCUT2D eigenvalue weighted by Crippen LogP contribution is -2.29. The van der Waals surface area contributed by atoms with Crippen LogP contribution in [0.4, 0.5) is 0 Å². The van der Waals surface area contributed by atoms with Crippen LogP contribution in [0, 0.1) is 0 Å². The molecule has 0 aliphatic rings. The molecule has 0 amide bonds. The Morgan fingerprint density at radius 1 is 1.08 bits per heavy atom. The van der Waals surface area contributed by atoms with Crippen LogP contribution in [0.5, 0.6) is 0 Å². The molecule has 2 aromatic carbocycles. The van der Waals surface area contributed by atoms with Gasteiger partial charge in [0, 0.05) is 12.8 Å². The molecule has 0 aliphatic heterocycles. The molecule has 0 aliphatic carbocycles. The van der Waals surface area contributed by atoms with Crippen LogP contribution in [0.1, 0.15) is 36.6 Å². The van der Waals surface area contributed by atoms with Gasteiger partial charge in [-0.25, -0.2) is 8.42 Å². The van der Waals surface area contributed by atoms with Crippen LogP contribution in [0.15, 0.2) is 53.4 Å². The highest BCUT2D eigenvalue weighted by atomic mass is 32.2. The molecule has 0 spiro atoms. The fourth-order valence-electron chi connectivity index (χ4n) is 2.59. The lowest BCUT2D eigenvalue weighted by atomic mass is 9.97. The fraction of sp³-hybridized carbons (Fsp3) is 0.368. The Labute approximate surface area is 144 Å². The summed E-state index contributed by atoms with van der Waals surface area (Å²) in [5.74, 6) is 0. The van der Waals surface area contributed by atoms with Crippen LogP contribution < -0.4 is 5.32 Å². The van der Waals surface area contributed by atoms with E-state index in [1.807, 2.05) is 18.2 Å². The highest BCUT2D eigenvalue weighted by Gasteiger charge is 2.17. The summed E-state index contributed by atoms with van der Waals surface area (Å²) in [5.41, 5.74) is 3.15. The zero-order valence-corrected chi connectivity index (χ0v) is 15.2. The quantitative estimate of drug-likeness (QED) is 0.808. The Morgan fingerprint density at radius 3 is 2.29 bits per heavy atom. The van der Waals surface area contributed by atoms with Crippen molar-refractivity contribution in [2.75, 3.05) is 12.8 Å². The van der Waals surface area contributed by atoms with E-state index in [0.29, 0.717) is 11.4 Å². The van der Waals surface area contributed by atoms with Crippen molar-refractivity contribution in [3.8, 4) is 0 Å². The molecule has 4 nitrogen and oxygen atoms in total. The van der Waals surface area contributed by atoms with Gasteiger partial charge in [0.15, 0.2) is 9.84 Å². The molecule has 0 radical (unpaired) electrons. The van der Waals surface area contributed by atoms with Gasteiger partial charge in [0.25, 0.3) is 0 Å². The maximum atomic E-state index is 11.8. The topological polar surface area (TPSA) is 66.4 Å². The molecule has 2 atom stereocenters. The lowest BCUT2D eigenvalue weighted by Gasteiger charge is -2.21. The minimum absolute atomic E-state index is 0.174. The second-order valence-corrected chi connectivity index (χ2v) is 8.15. The van der Waals surface area contributed by atoms with Gasteiger partial charge in [-0.15, -0.1) is 0 Å². The summed E-state index contributed by atoms with van der Waals surface area (Å²) < 4.78 is 23.7. The third-order valence-electron chi connectivity index (χ3n) is 3.96. The molecule has 0 aromatic heterocycles. The molecule has 2 N–H and O–H groups in total. The normalized spacial score (nSPS) is 14.3. The highest BCUT2D eigenvalue weighted by Crippen LogP contribution is 2.25. The van der Waals surface area contributed by atoms with Gasteiger partial charge < -0.3 is 10.4 Å². The zero-order chi connectivity index (χ0) is 17.7. The summed E-state index contributed by atoms with van der Waals surface area (Å²) >= 11 is 0. The molecule has 2 rings (SSSR count). The third kappa shape index (κ3) is 4.90. The van der Waals surface area contributed by atoms with Crippen LogP contribution in [-0.2, 0) is 16.3 Å². The Morgan fingerprint density at radius 2 is 1.75 bits per heavy atom. The van der Waals surface area contributed by atoms with Crippen molar-refractivity contribution in [1.82, 2.24) is 5.32 Å². The van der Waals surface area contributed by atoms with Gasteiger partial charge >= 0.3 is 0 Å². The lowest BCUT2D eigenvalue weighted by molar-refractivity contribution is 0.188. The van der Waals surface area contributed by atoms with Crippen molar-refractivity contribution < 1.29 is 13.5 Å². The van der Waals surface area contributed by atoms with Gasteiger partial charge in [0.2, 0.25) is 0 Å². The Balaban J connectivity index is 2.41. The summed E-state index contributed by atoms with van der Waals surface area (Å²) in [6, 6.07) is 15.0. The molecule has 0 bridgehead atoms. The Bertz CT molecular complexity index is 767. The average molecular weight is 347 g/mol. The molecular weight excluding hydrogens is 322 g/mol. The molecule has 0 fully saturated rings. The van der Waals surface area contributed by atoms with E-state index < -0.39 is 15.9 Å². The summed E-state index contributed by atoms with van der Waals surface area (Å²) in [4.78, 5) is 0.300. The maximum Gasteiger partial charge on any atom is 0.175 e. The highest BCUT2D eigenvalue weighted by molar-refractivity contribution is 7.90. The fourth-order valence-corrected chi connectivity index (χ4v) is 3.26. The van der Waals surface area contributed by atoms with Crippen LogP contribution in [-0.4, -0.2) is 32.4 Å². The van der Waals surface area contributed by atoms with E-state index in [0.717, 1.165) is 17.5 Å². The van der Waals surface area contributed by atoms with Crippen LogP contribution in [0.3, 0.4) is 0 Å². The number of sulfone groups is 1. The van der Waals surface area contributed by atoms with Crippen LogP contribution in [0.2, 0.25) is 0 Å². The van der Waals surface area contributed by atoms with Crippen molar-refractivity contribution >= 4 is 9.84 Å². The number of hydrogen-bond acceptors (Lipinski definition) is 4. The minimum atomic E-state index is -3.26. The zero-order valence-electron chi connectivity index (χ0n) is 14.4. The number of aliphatic hydroxyl groups excluding tert-OH is 1. The summed E-state index contributed by atoms with van der Waals surface area (Å²) in [6.45, 7) is 4.24. The second kappa shape index (κ2) is 7.92. The van der Waals surface area contributed by atoms with Crippen molar-refractivity contribution in [2.45, 2.75) is 37.3 Å². The van der Waals surface area contributed by atoms with E-state index in [2.05, 4.69) is 24.4 Å². The molecule has 0 saturated carbocycles. The SMILES string of the molecule is CCc1ccc(C(NCC(C)O)c2cccc(S(C)(=O)=O)c2)cc1. The van der Waals surface area contributed by atoms with Gasteiger partial charge in [0.1, 0.15) is 0 Å². The van der Waals surface area contributed by atoms with E-state index >= 15 is 0 Å². The summed E-state index contributed by atoms with van der Waals surface area (Å²) in [6.07, 6.45) is 1.69. The molecule has 130 valence electrons.